The number of nitrogens with two attached hydrogens (primary N) is 1. The number of methoxy groups -OCH3 is 1. The normalized spacial score (nSPS) is 17.0. The number of amides is 1. The van der Waals surface area contributed by atoms with Crippen molar-refractivity contribution < 1.29 is 14.3 Å². The second kappa shape index (κ2) is 7.35. The molecule has 8 heteroatoms. The van der Waals surface area contributed by atoms with Crippen LogP contribution in [-0.4, -0.2) is 40.7 Å². The topological polar surface area (TPSA) is 123 Å². The summed E-state index contributed by atoms with van der Waals surface area (Å²) < 4.78 is 4.54. The highest BCUT2D eigenvalue weighted by Crippen LogP contribution is 2.38. The van der Waals surface area contributed by atoms with E-state index in [0.29, 0.717) is 18.8 Å². The van der Waals surface area contributed by atoms with Crippen LogP contribution in [-0.2, 0) is 20.7 Å². The predicted octanol–water partition coefficient (Wildman–Crippen LogP) is 0.758. The molecule has 1 aromatic rings. The SMILES string of the molecule is COC(=O)Cc1nc(NC(=O)CC2(CN)CCCCC2)n[nH]1. The highest BCUT2D eigenvalue weighted by molar-refractivity contribution is 5.89. The summed E-state index contributed by atoms with van der Waals surface area (Å²) in [5, 5.41) is 9.14. The fourth-order valence-corrected chi connectivity index (χ4v) is 2.90. The number of nitrogens with zero attached hydrogens (tertiary/aromatic N) is 2. The molecule has 1 aromatic heterocycles. The Morgan fingerprint density at radius 1 is 1.36 bits per heavy atom. The number of esters is 1. The molecule has 1 aliphatic carbocycles. The lowest BCUT2D eigenvalue weighted by molar-refractivity contribution is -0.139. The van der Waals surface area contributed by atoms with E-state index in [4.69, 9.17) is 5.73 Å². The van der Waals surface area contributed by atoms with E-state index >= 15 is 0 Å². The number of carbonyl (C=O) groups excluding carboxylic acids is 2. The van der Waals surface area contributed by atoms with Gasteiger partial charge in [-0.2, -0.15) is 4.98 Å². The third-order valence-corrected chi connectivity index (χ3v) is 4.21. The molecule has 1 heterocycles. The van der Waals surface area contributed by atoms with Gasteiger partial charge in [0.05, 0.1) is 7.11 Å². The fraction of sp³-hybridized carbons (Fsp3) is 0.714. The fourth-order valence-electron chi connectivity index (χ4n) is 2.90. The van der Waals surface area contributed by atoms with Crippen molar-refractivity contribution in [1.82, 2.24) is 15.2 Å². The van der Waals surface area contributed by atoms with Gasteiger partial charge in [-0.25, -0.2) is 0 Å². The molecule has 0 aromatic carbocycles. The molecule has 22 heavy (non-hydrogen) atoms. The Bertz CT molecular complexity index is 522. The molecule has 2 rings (SSSR count). The average molecular weight is 309 g/mol. The van der Waals surface area contributed by atoms with Crippen LogP contribution in [0.1, 0.15) is 44.3 Å². The first-order valence-electron chi connectivity index (χ1n) is 7.55. The van der Waals surface area contributed by atoms with Gasteiger partial charge in [0.1, 0.15) is 12.2 Å². The summed E-state index contributed by atoms with van der Waals surface area (Å²) in [5.74, 6) is -0.0328. The van der Waals surface area contributed by atoms with Gasteiger partial charge in [0.15, 0.2) is 0 Å². The van der Waals surface area contributed by atoms with Gasteiger partial charge in [0, 0.05) is 6.42 Å². The minimum Gasteiger partial charge on any atom is -0.469 e. The maximum atomic E-state index is 12.2. The molecule has 4 N–H and O–H groups in total. The zero-order valence-electron chi connectivity index (χ0n) is 12.9. The Labute approximate surface area is 129 Å². The molecule has 1 saturated carbocycles. The summed E-state index contributed by atoms with van der Waals surface area (Å²) in [6.45, 7) is 0.516. The molecular formula is C14H23N5O3. The number of nitrogens with one attached hydrogen (secondary N) is 2. The molecule has 0 spiro atoms. The Morgan fingerprint density at radius 2 is 2.09 bits per heavy atom. The van der Waals surface area contributed by atoms with Crippen LogP contribution in [0.4, 0.5) is 5.95 Å². The summed E-state index contributed by atoms with van der Waals surface area (Å²) in [7, 11) is 1.30. The predicted molar refractivity (Wildman–Crippen MR) is 79.9 cm³/mol. The van der Waals surface area contributed by atoms with Gasteiger partial charge in [0.2, 0.25) is 11.9 Å². The maximum Gasteiger partial charge on any atom is 0.313 e. The van der Waals surface area contributed by atoms with Crippen molar-refractivity contribution in [1.29, 1.82) is 0 Å². The van der Waals surface area contributed by atoms with Gasteiger partial charge in [-0.15, -0.1) is 5.10 Å². The van der Waals surface area contributed by atoms with E-state index in [9.17, 15) is 9.59 Å². The third-order valence-electron chi connectivity index (χ3n) is 4.21. The van der Waals surface area contributed by atoms with Crippen LogP contribution in [0.5, 0.6) is 0 Å². The number of rotatable bonds is 6. The summed E-state index contributed by atoms with van der Waals surface area (Å²) in [4.78, 5) is 27.4. The van der Waals surface area contributed by atoms with Crippen LogP contribution in [0, 0.1) is 5.41 Å². The zero-order valence-corrected chi connectivity index (χ0v) is 12.9. The highest BCUT2D eigenvalue weighted by atomic mass is 16.5. The number of hydrogen-bond acceptors (Lipinski definition) is 6. The first-order chi connectivity index (χ1) is 10.6. The molecule has 0 aliphatic heterocycles. The zero-order chi connectivity index (χ0) is 16.0. The average Bonchev–Trinajstić information content (AvgIpc) is 2.94. The number of hydrogen-bond donors (Lipinski definition) is 3. The van der Waals surface area contributed by atoms with Crippen LogP contribution in [0.25, 0.3) is 0 Å². The minimum atomic E-state index is -0.418. The van der Waals surface area contributed by atoms with Crippen molar-refractivity contribution in [3.8, 4) is 0 Å². The van der Waals surface area contributed by atoms with Crippen molar-refractivity contribution in [3.05, 3.63) is 5.82 Å². The maximum absolute atomic E-state index is 12.2. The summed E-state index contributed by atoms with van der Waals surface area (Å²) in [6.07, 6.45) is 5.79. The standard InChI is InChI=1S/C14H23N5O3/c1-22-12(21)7-10-16-13(19-18-10)17-11(20)8-14(9-15)5-3-2-4-6-14/h2-9,15H2,1H3,(H2,16,17,18,19,20). The second-order valence-corrected chi connectivity index (χ2v) is 5.85. The lowest BCUT2D eigenvalue weighted by Gasteiger charge is -2.35. The third kappa shape index (κ3) is 4.27. The second-order valence-electron chi connectivity index (χ2n) is 5.85. The van der Waals surface area contributed by atoms with Crippen molar-refractivity contribution in [2.24, 2.45) is 11.1 Å². The largest absolute Gasteiger partial charge is 0.469 e. The highest BCUT2D eigenvalue weighted by Gasteiger charge is 2.33. The lowest BCUT2D eigenvalue weighted by Crippen LogP contribution is -2.36. The number of anilines is 1. The van der Waals surface area contributed by atoms with E-state index in [1.54, 1.807) is 0 Å². The van der Waals surface area contributed by atoms with Gasteiger partial charge in [-0.3, -0.25) is 20.0 Å². The van der Waals surface area contributed by atoms with Gasteiger partial charge >= 0.3 is 5.97 Å². The first-order valence-corrected chi connectivity index (χ1v) is 7.55. The molecule has 0 unspecified atom stereocenters. The van der Waals surface area contributed by atoms with Crippen LogP contribution in [0.3, 0.4) is 0 Å². The van der Waals surface area contributed by atoms with E-state index in [1.807, 2.05) is 0 Å². The van der Waals surface area contributed by atoms with Crippen molar-refractivity contribution in [3.63, 3.8) is 0 Å². The van der Waals surface area contributed by atoms with Gasteiger partial charge in [0.25, 0.3) is 0 Å². The molecule has 122 valence electrons. The Kier molecular flexibility index (Phi) is 5.48. The molecule has 0 atom stereocenters. The Balaban J connectivity index is 1.90. The molecule has 0 saturated heterocycles. The van der Waals surface area contributed by atoms with Crippen molar-refractivity contribution >= 4 is 17.8 Å². The summed E-state index contributed by atoms with van der Waals surface area (Å²) in [6, 6.07) is 0. The number of H-pyrrole nitrogens is 1. The van der Waals surface area contributed by atoms with Gasteiger partial charge in [-0.1, -0.05) is 19.3 Å². The first kappa shape index (κ1) is 16.4. The molecule has 1 amide bonds. The minimum absolute atomic E-state index is 0.00783. The monoisotopic (exact) mass is 309 g/mol. The van der Waals surface area contributed by atoms with E-state index in [1.165, 1.54) is 13.5 Å². The molecular weight excluding hydrogens is 286 g/mol. The van der Waals surface area contributed by atoms with E-state index < -0.39 is 5.97 Å². The van der Waals surface area contributed by atoms with Crippen molar-refractivity contribution in [2.75, 3.05) is 19.0 Å². The molecule has 1 aliphatic rings. The quantitative estimate of drug-likeness (QED) is 0.667. The Hall–Kier alpha value is -1.96. The number of aromatic nitrogens is 3. The smallest absolute Gasteiger partial charge is 0.313 e. The van der Waals surface area contributed by atoms with Crippen LogP contribution in [0.15, 0.2) is 0 Å². The van der Waals surface area contributed by atoms with Crippen LogP contribution >= 0.6 is 0 Å². The summed E-state index contributed by atoms with van der Waals surface area (Å²) >= 11 is 0. The van der Waals surface area contributed by atoms with E-state index in [-0.39, 0.29) is 23.7 Å². The van der Waals surface area contributed by atoms with E-state index in [0.717, 1.165) is 25.7 Å². The molecule has 1 fully saturated rings. The van der Waals surface area contributed by atoms with E-state index in [2.05, 4.69) is 25.2 Å². The van der Waals surface area contributed by atoms with Gasteiger partial charge in [-0.05, 0) is 24.8 Å². The number of carbonyl (C=O) groups is 2. The number of ether oxygens (including phenoxy) is 1. The lowest BCUT2D eigenvalue weighted by atomic mass is 9.72. The van der Waals surface area contributed by atoms with Crippen LogP contribution in [0.2, 0.25) is 0 Å². The van der Waals surface area contributed by atoms with Crippen molar-refractivity contribution in [2.45, 2.75) is 44.9 Å². The summed E-state index contributed by atoms with van der Waals surface area (Å²) in [5.41, 5.74) is 5.78. The Morgan fingerprint density at radius 3 is 2.73 bits per heavy atom. The molecule has 0 radical (unpaired) electrons. The molecule has 0 bridgehead atoms. The van der Waals surface area contributed by atoms with Crippen LogP contribution < -0.4 is 11.1 Å². The van der Waals surface area contributed by atoms with Gasteiger partial charge < -0.3 is 10.5 Å². The molecule has 8 nitrogen and oxygen atoms in total. The number of aromatic amines is 1.